The maximum absolute atomic E-state index is 5.81. The van der Waals surface area contributed by atoms with Gasteiger partial charge in [-0.3, -0.25) is 4.99 Å². The van der Waals surface area contributed by atoms with Crippen molar-refractivity contribution in [3.63, 3.8) is 0 Å². The molecule has 1 heterocycles. The van der Waals surface area contributed by atoms with E-state index in [9.17, 15) is 0 Å². The molecule has 0 aromatic heterocycles. The normalized spacial score (nSPS) is 15.9. The van der Waals surface area contributed by atoms with Gasteiger partial charge in [-0.1, -0.05) is 0 Å². The van der Waals surface area contributed by atoms with Gasteiger partial charge in [-0.15, -0.1) is 24.0 Å². The largest absolute Gasteiger partial charge is 0.497 e. The summed E-state index contributed by atoms with van der Waals surface area (Å²) in [6.45, 7) is 6.20. The molecular formula is C21H36IN3O4. The molecule has 1 aliphatic rings. The first-order chi connectivity index (χ1) is 13.7. The summed E-state index contributed by atoms with van der Waals surface area (Å²) in [7, 11) is 5.10. The number of nitrogens with one attached hydrogen (secondary N) is 2. The molecule has 0 radical (unpaired) electrons. The number of hydrogen-bond donors (Lipinski definition) is 2. The lowest BCUT2D eigenvalue weighted by atomic mass is 10.0. The van der Waals surface area contributed by atoms with Crippen molar-refractivity contribution < 1.29 is 18.9 Å². The Morgan fingerprint density at radius 3 is 2.66 bits per heavy atom. The Hall–Kier alpha value is -1.26. The number of nitrogens with zero attached hydrogens (tertiary/aromatic N) is 1. The van der Waals surface area contributed by atoms with Gasteiger partial charge in [0.15, 0.2) is 5.96 Å². The third kappa shape index (κ3) is 8.96. The molecule has 1 fully saturated rings. The molecule has 29 heavy (non-hydrogen) atoms. The minimum atomic E-state index is 0. The Morgan fingerprint density at radius 1 is 1.24 bits per heavy atom. The third-order valence-electron chi connectivity index (χ3n) is 4.93. The summed E-state index contributed by atoms with van der Waals surface area (Å²) in [6.07, 6.45) is 3.15. The predicted octanol–water partition coefficient (Wildman–Crippen LogP) is 3.38. The van der Waals surface area contributed by atoms with E-state index in [2.05, 4.69) is 22.5 Å². The Kier molecular flexibility index (Phi) is 13.0. The van der Waals surface area contributed by atoms with E-state index in [0.717, 1.165) is 75.3 Å². The summed E-state index contributed by atoms with van der Waals surface area (Å²) in [5, 5.41) is 6.74. The second-order valence-electron chi connectivity index (χ2n) is 6.96. The van der Waals surface area contributed by atoms with Gasteiger partial charge in [0, 0.05) is 45.6 Å². The van der Waals surface area contributed by atoms with Gasteiger partial charge in [0.25, 0.3) is 0 Å². The molecule has 166 valence electrons. The maximum atomic E-state index is 5.81. The molecule has 2 N–H and O–H groups in total. The minimum Gasteiger partial charge on any atom is -0.497 e. The summed E-state index contributed by atoms with van der Waals surface area (Å²) in [4.78, 5) is 4.31. The molecule has 0 spiro atoms. The van der Waals surface area contributed by atoms with E-state index in [4.69, 9.17) is 18.9 Å². The van der Waals surface area contributed by atoms with Gasteiger partial charge in [0.1, 0.15) is 11.5 Å². The standard InChI is InChI=1S/C21H35N3O4.HI/c1-16(19-14-18(25-3)6-7-20(19)26-4)24-21(22-2)23-10-5-11-28-15-17-8-12-27-13-9-17;/h6-7,14,16-17H,5,8-13,15H2,1-4H3,(H2,22,23,24);1H. The van der Waals surface area contributed by atoms with Crippen molar-refractivity contribution in [2.24, 2.45) is 10.9 Å². The quantitative estimate of drug-likeness (QED) is 0.213. The Labute approximate surface area is 191 Å². The van der Waals surface area contributed by atoms with Crippen LogP contribution in [0.25, 0.3) is 0 Å². The van der Waals surface area contributed by atoms with Crippen LogP contribution in [-0.4, -0.2) is 60.2 Å². The van der Waals surface area contributed by atoms with Crippen molar-refractivity contribution in [1.29, 1.82) is 0 Å². The van der Waals surface area contributed by atoms with Crippen LogP contribution in [0.1, 0.15) is 37.8 Å². The van der Waals surface area contributed by atoms with E-state index in [1.807, 2.05) is 18.2 Å². The minimum absolute atomic E-state index is 0. The molecular weight excluding hydrogens is 485 g/mol. The fourth-order valence-electron chi connectivity index (χ4n) is 3.20. The van der Waals surface area contributed by atoms with Crippen molar-refractivity contribution >= 4 is 29.9 Å². The highest BCUT2D eigenvalue weighted by molar-refractivity contribution is 14.0. The number of methoxy groups -OCH3 is 2. The molecule has 0 saturated carbocycles. The van der Waals surface area contributed by atoms with E-state index in [1.54, 1.807) is 21.3 Å². The van der Waals surface area contributed by atoms with Crippen molar-refractivity contribution in [2.45, 2.75) is 32.2 Å². The van der Waals surface area contributed by atoms with Gasteiger partial charge in [-0.25, -0.2) is 0 Å². The van der Waals surface area contributed by atoms with Crippen LogP contribution in [0.5, 0.6) is 11.5 Å². The zero-order valence-electron chi connectivity index (χ0n) is 18.0. The number of hydrogen-bond acceptors (Lipinski definition) is 5. The van der Waals surface area contributed by atoms with Gasteiger partial charge in [-0.2, -0.15) is 0 Å². The van der Waals surface area contributed by atoms with Gasteiger partial charge in [0.2, 0.25) is 0 Å². The van der Waals surface area contributed by atoms with Crippen LogP contribution >= 0.6 is 24.0 Å². The van der Waals surface area contributed by atoms with E-state index in [0.29, 0.717) is 5.92 Å². The van der Waals surface area contributed by atoms with Gasteiger partial charge in [-0.05, 0) is 50.3 Å². The number of benzene rings is 1. The summed E-state index contributed by atoms with van der Waals surface area (Å²) in [6, 6.07) is 5.80. The second-order valence-corrected chi connectivity index (χ2v) is 6.96. The van der Waals surface area contributed by atoms with E-state index in [-0.39, 0.29) is 30.0 Å². The van der Waals surface area contributed by atoms with Crippen LogP contribution in [-0.2, 0) is 9.47 Å². The van der Waals surface area contributed by atoms with Crippen molar-refractivity contribution in [1.82, 2.24) is 10.6 Å². The molecule has 1 aromatic rings. The van der Waals surface area contributed by atoms with Gasteiger partial charge >= 0.3 is 0 Å². The number of halogens is 1. The Morgan fingerprint density at radius 2 is 2.00 bits per heavy atom. The lowest BCUT2D eigenvalue weighted by molar-refractivity contribution is 0.0203. The molecule has 0 bridgehead atoms. The molecule has 1 atom stereocenters. The van der Waals surface area contributed by atoms with E-state index in [1.165, 1.54) is 0 Å². The van der Waals surface area contributed by atoms with Crippen molar-refractivity contribution in [2.75, 3.05) is 54.2 Å². The zero-order chi connectivity index (χ0) is 20.2. The Bertz CT molecular complexity index is 610. The molecule has 1 aromatic carbocycles. The molecule has 1 saturated heterocycles. The van der Waals surface area contributed by atoms with Crippen LogP contribution in [0.3, 0.4) is 0 Å². The first-order valence-corrected chi connectivity index (χ1v) is 10.0. The summed E-state index contributed by atoms with van der Waals surface area (Å²) in [5.41, 5.74) is 1.02. The highest BCUT2D eigenvalue weighted by Crippen LogP contribution is 2.29. The summed E-state index contributed by atoms with van der Waals surface area (Å²) in [5.74, 6) is 3.02. The third-order valence-corrected chi connectivity index (χ3v) is 4.93. The zero-order valence-corrected chi connectivity index (χ0v) is 20.4. The smallest absolute Gasteiger partial charge is 0.191 e. The molecule has 2 rings (SSSR count). The summed E-state index contributed by atoms with van der Waals surface area (Å²) < 4.78 is 22.0. The molecule has 0 amide bonds. The Balaban J connectivity index is 0.00000420. The fraction of sp³-hybridized carbons (Fsp3) is 0.667. The second kappa shape index (κ2) is 14.7. The van der Waals surface area contributed by atoms with Crippen LogP contribution < -0.4 is 20.1 Å². The van der Waals surface area contributed by atoms with Crippen molar-refractivity contribution in [3.05, 3.63) is 23.8 Å². The van der Waals surface area contributed by atoms with Crippen LogP contribution in [0.15, 0.2) is 23.2 Å². The number of guanidine groups is 1. The lowest BCUT2D eigenvalue weighted by Crippen LogP contribution is -2.39. The highest BCUT2D eigenvalue weighted by atomic mass is 127. The predicted molar refractivity (Wildman–Crippen MR) is 127 cm³/mol. The first-order valence-electron chi connectivity index (χ1n) is 10.0. The van der Waals surface area contributed by atoms with Crippen LogP contribution in [0.2, 0.25) is 0 Å². The number of ether oxygens (including phenoxy) is 4. The maximum Gasteiger partial charge on any atom is 0.191 e. The first kappa shape index (κ1) is 25.8. The van der Waals surface area contributed by atoms with Gasteiger partial charge < -0.3 is 29.6 Å². The molecule has 8 heteroatoms. The molecule has 1 aliphatic heterocycles. The average molecular weight is 521 g/mol. The van der Waals surface area contributed by atoms with Gasteiger partial charge in [0.05, 0.1) is 20.3 Å². The number of rotatable bonds is 10. The molecule has 1 unspecified atom stereocenters. The summed E-state index contributed by atoms with van der Waals surface area (Å²) >= 11 is 0. The number of aliphatic imine (C=N–C) groups is 1. The lowest BCUT2D eigenvalue weighted by Gasteiger charge is -2.22. The SMILES string of the molecule is CN=C(NCCCOCC1CCOCC1)NC(C)c1cc(OC)ccc1OC.I. The average Bonchev–Trinajstić information content (AvgIpc) is 2.75. The van der Waals surface area contributed by atoms with Crippen LogP contribution in [0.4, 0.5) is 0 Å². The molecule has 7 nitrogen and oxygen atoms in total. The topological polar surface area (TPSA) is 73.3 Å². The monoisotopic (exact) mass is 521 g/mol. The molecule has 0 aliphatic carbocycles. The van der Waals surface area contributed by atoms with E-state index < -0.39 is 0 Å². The highest BCUT2D eigenvalue weighted by Gasteiger charge is 2.15. The van der Waals surface area contributed by atoms with Crippen molar-refractivity contribution in [3.8, 4) is 11.5 Å². The fourth-order valence-corrected chi connectivity index (χ4v) is 3.20. The van der Waals surface area contributed by atoms with Crippen LogP contribution in [0, 0.1) is 5.92 Å². The van der Waals surface area contributed by atoms with E-state index >= 15 is 0 Å².